The number of phenols is 9. The number of carbonyl (C=O) groups is 11. The van der Waals surface area contributed by atoms with Gasteiger partial charge in [0.2, 0.25) is 17.9 Å². The number of carbonyl (C=O) groups excluding carboxylic acids is 7. The summed E-state index contributed by atoms with van der Waals surface area (Å²) in [7, 11) is 5.13. The SMILES string of the molecule is COC(=O)C1Cc2cc(O)c(O)cc2N1.COC(=O)C1Cc2cc(O)c(O)cc2N1.COC(=O)C1Cc2cc(OC(C)=O)c(OC(C)=O)cc2N1C(C)=O.C[C@@H](C(=O)[O-])[N+](=C/C=C1/C=C(C(=O)O)C[C@H](C(=O)O)C1)c1ccc(O[C@@H]2O[C@H](CO)[C@@H](O)[C@H](O)[C@H]2O)c(O)c1.II.O=C(O)C1Cc2cc(O)c(O)cc2N1.O=C(O)C1Cc2cc(O)c(O)cc2N1.[I][V]([I])[I].[I][V]([I])[I].[I][V][I].[I][V][I]. The topological polar surface area (TPSA) is 674 Å². The van der Waals surface area contributed by atoms with Crippen LogP contribution in [0.25, 0.3) is 0 Å². The van der Waals surface area contributed by atoms with Crippen molar-refractivity contribution in [2.75, 3.05) is 54.1 Å². The molecule has 58 heteroatoms. The van der Waals surface area contributed by atoms with Gasteiger partial charge in [0.15, 0.2) is 81.3 Å². The number of methoxy groups -OCH3 is 3. The Morgan fingerprint density at radius 1 is 0.504 bits per heavy atom. The van der Waals surface area contributed by atoms with Gasteiger partial charge in [0.25, 0.3) is 0 Å². The van der Waals surface area contributed by atoms with Crippen LogP contribution in [0, 0.1) is 5.92 Å². The van der Waals surface area contributed by atoms with Gasteiger partial charge in [0, 0.05) is 168 Å². The summed E-state index contributed by atoms with van der Waals surface area (Å²) in [5, 5.41) is 183. The molecular weight excluding hydrogens is 3340 g/mol. The van der Waals surface area contributed by atoms with E-state index in [1.54, 1.807) is 0 Å². The molecule has 12 atom stereocenters. The first-order valence-electron chi connectivity index (χ1n) is 38.1. The Hall–Kier alpha value is -3.26. The van der Waals surface area contributed by atoms with Crippen LogP contribution in [-0.2, 0) is 133 Å². The molecule has 1 fully saturated rings. The zero-order chi connectivity index (χ0) is 104. The molecule has 6 heterocycles. The molecule has 1 saturated heterocycles. The Morgan fingerprint density at radius 2 is 0.876 bits per heavy atom. The van der Waals surface area contributed by atoms with Gasteiger partial charge in [0.1, 0.15) is 60.6 Å². The van der Waals surface area contributed by atoms with E-state index in [9.17, 15) is 134 Å². The van der Waals surface area contributed by atoms with E-state index in [2.05, 4.69) is 268 Å². The molecule has 0 aromatic heterocycles. The van der Waals surface area contributed by atoms with Crippen molar-refractivity contribution in [1.29, 1.82) is 0 Å². The van der Waals surface area contributed by atoms with Crippen LogP contribution in [0.5, 0.6) is 69.0 Å². The second-order valence-corrected chi connectivity index (χ2v) is 123. The number of rotatable bonds is 16. The van der Waals surface area contributed by atoms with Gasteiger partial charge in [-0.15, -0.1) is 0 Å². The van der Waals surface area contributed by atoms with E-state index < -0.39 is 133 Å². The number of ether oxygens (including phenoxy) is 7. The molecule has 6 aromatic rings. The zero-order valence-electron chi connectivity index (χ0n) is 71.4. The Kier molecular flexibility index (Phi) is 59.7. The minimum absolute atomic E-state index is 0.00628. The Bertz CT molecular complexity index is 5060. The maximum absolute atomic E-state index is 12.0. The van der Waals surface area contributed by atoms with Gasteiger partial charge in [-0.25, -0.2) is 28.8 Å². The number of hydrogen-bond acceptors (Lipinski definition) is 36. The first-order valence-corrected chi connectivity index (χ1v) is 89.4. The number of anilines is 5. The zero-order valence-corrected chi connectivity index (χ0v) is 103. The minimum atomic E-state index is -1.73. The van der Waals surface area contributed by atoms with E-state index in [0.717, 1.165) is 17.2 Å². The summed E-state index contributed by atoms with van der Waals surface area (Å²) in [5.41, 5.74) is 6.77. The summed E-state index contributed by atoms with van der Waals surface area (Å²) in [5.74, 6) is -12.1. The summed E-state index contributed by atoms with van der Waals surface area (Å²) in [6.07, 6.45) is -2.31. The number of fused-ring (bicyclic) bond motifs is 5. The monoisotopic (exact) mass is 3420 g/mol. The van der Waals surface area contributed by atoms with Crippen LogP contribution in [-0.4, -0.2) is 258 Å². The van der Waals surface area contributed by atoms with Crippen molar-refractivity contribution in [3.8, 4) is 69.0 Å². The van der Waals surface area contributed by atoms with Crippen LogP contribution in [0.1, 0.15) is 68.4 Å². The molecule has 13 rings (SSSR count). The number of halogens is 12. The van der Waals surface area contributed by atoms with Gasteiger partial charge in [-0.2, -0.15) is 4.58 Å². The number of nitrogens with zero attached hydrogens (tertiary/aromatic N) is 2. The van der Waals surface area contributed by atoms with E-state index in [0.29, 0.717) is 95.3 Å². The molecule has 0 radical (unpaired) electrons. The number of aliphatic carboxylic acids is 5. The van der Waals surface area contributed by atoms with Crippen molar-refractivity contribution in [2.24, 2.45) is 5.92 Å². The molecule has 1 aliphatic carbocycles. The number of carboxylic acids is 5. The number of aromatic hydroxyl groups is 9. The molecular formula is C79H86I12N6O36V4. The Morgan fingerprint density at radius 3 is 1.21 bits per heavy atom. The fourth-order valence-corrected chi connectivity index (χ4v) is 13.2. The molecule has 0 bridgehead atoms. The van der Waals surface area contributed by atoms with Crippen LogP contribution < -0.4 is 45.5 Å². The van der Waals surface area contributed by atoms with Crippen LogP contribution in [0.2, 0.25) is 0 Å². The third kappa shape index (κ3) is 41.2. The number of nitrogens with one attached hydrogen (secondary N) is 4. The van der Waals surface area contributed by atoms with Gasteiger partial charge in [-0.3, -0.25) is 24.1 Å². The van der Waals surface area contributed by atoms with Gasteiger partial charge in [-0.05, 0) is 88.7 Å². The van der Waals surface area contributed by atoms with Crippen LogP contribution >= 0.6 is 237 Å². The average molecular weight is 3420 g/mol. The molecule has 1 amide bonds. The van der Waals surface area contributed by atoms with E-state index >= 15 is 0 Å². The quantitative estimate of drug-likeness (QED) is 0.00625. The number of phenolic OH excluding ortho intramolecular Hbond substituents is 9. The molecule has 0 spiro atoms. The maximum atomic E-state index is 12.0. The summed E-state index contributed by atoms with van der Waals surface area (Å²) in [6.45, 7) is 4.33. The van der Waals surface area contributed by atoms with E-state index in [1.807, 2.05) is 0 Å². The van der Waals surface area contributed by atoms with Crippen LogP contribution in [0.3, 0.4) is 0 Å². The van der Waals surface area contributed by atoms with Crippen molar-refractivity contribution in [3.63, 3.8) is 0 Å². The van der Waals surface area contributed by atoms with Crippen molar-refractivity contribution in [2.45, 2.75) is 140 Å². The third-order valence-corrected chi connectivity index (χ3v) is 19.3. The molecule has 6 aromatic carbocycles. The first kappa shape index (κ1) is 128. The van der Waals surface area contributed by atoms with E-state index in [1.165, 1.54) is 150 Å². The normalized spacial score (nSPS) is 19.6. The molecule has 7 aliphatic rings. The fraction of sp³-hybridized carbons (Fsp3) is 0.342. The standard InChI is InChI=1S/C25H29NO13.C16H17NO7.2C10H11NO4.2C9H9NO4.I2.10HI.4V/c1-11(22(32)33)26(5-4-12-6-13(23(34)35)8-14(7-12)24(36)37)15-2-3-17(16(28)9-15)38-25-21(31)20(30)19(29)18(10-27)39-25;1-8(18)17-12-7-15(24-10(3)20)14(23-9(2)19)6-11(12)5-13(17)16(21)22-4;2*1-15-10(14)7-2-5-3-8(12)9(13)4-6(5)11-7;2*11-7-2-4-1-6(9(13)14)10-5(4)3-8(7)12;1-2;;;;;;;;;;;;;;/h2-6,9,11,14,18-21,25,27,29-31H,7-8,10H2,1H3,(H3-,28,32,33,34,35,36,37);6-7,13H,5H2,1-4H3;2*3-4,7,11-13H,2H2,1H3;2*2-3,6,10-12H,1H2,(H,13,14);;10*1H;;;;/q;;;;;;;;;;;;;;;;;2*+2;2*+3/p-10/b12-4-,26-5?;;;;;;;;;;;;;;;;;;;;/t11-,14+,18+,19+,20-,21+,25+;;;;;;;;;;;;;;;;;;;;/m0..................../s1. The van der Waals surface area contributed by atoms with Crippen molar-refractivity contribution >= 4 is 343 Å². The number of amides is 1. The van der Waals surface area contributed by atoms with Gasteiger partial charge in [-0.1, -0.05) is 0 Å². The van der Waals surface area contributed by atoms with E-state index in [-0.39, 0.29) is 121 Å². The van der Waals surface area contributed by atoms with Crippen molar-refractivity contribution < 1.29 is 211 Å². The number of benzene rings is 6. The summed E-state index contributed by atoms with van der Waals surface area (Å²) in [4.78, 5) is 125. The second kappa shape index (κ2) is 64.0. The fourth-order valence-electron chi connectivity index (χ4n) is 13.2. The van der Waals surface area contributed by atoms with Crippen LogP contribution in [0.4, 0.5) is 34.1 Å². The Labute approximate surface area is 938 Å². The van der Waals surface area contributed by atoms with Gasteiger partial charge >= 0.3 is 282 Å². The summed E-state index contributed by atoms with van der Waals surface area (Å²) < 4.78 is 35.9. The molecule has 752 valence electrons. The number of aliphatic hydroxyl groups excluding tert-OH is 4. The molecule has 137 heavy (non-hydrogen) atoms. The average Bonchev–Trinajstić information content (AvgIpc) is 1.61. The predicted molar refractivity (Wildman–Crippen MR) is 580 cm³/mol. The third-order valence-electron chi connectivity index (χ3n) is 19.3. The molecule has 6 aliphatic heterocycles. The molecule has 0 saturated carbocycles. The van der Waals surface area contributed by atoms with Gasteiger partial charge in [0.05, 0.1) is 45.6 Å². The molecule has 42 nitrogen and oxygen atoms in total. The summed E-state index contributed by atoms with van der Waals surface area (Å²) >= 11 is 28.5. The number of hydrogen-bond donors (Lipinski definition) is 21. The number of allylic oxidation sites excluding steroid dienone is 3. The second-order valence-electron chi connectivity index (χ2n) is 28.3. The summed E-state index contributed by atoms with van der Waals surface area (Å²) in [6, 6.07) is 13.3. The number of carboxylic acid groups (broad SMARTS) is 5. The Balaban J connectivity index is 0.000000427. The van der Waals surface area contributed by atoms with Crippen molar-refractivity contribution in [3.05, 3.63) is 130 Å². The number of aliphatic hydroxyl groups is 4. The molecule has 5 unspecified atom stereocenters. The molecule has 21 N–H and O–H groups in total. The van der Waals surface area contributed by atoms with Crippen LogP contribution in [0.15, 0.2) is 102 Å². The predicted octanol–water partition coefficient (Wildman–Crippen LogP) is 11.7. The van der Waals surface area contributed by atoms with Gasteiger partial charge < -0.3 is 151 Å². The van der Waals surface area contributed by atoms with Crippen molar-refractivity contribution in [1.82, 2.24) is 0 Å². The van der Waals surface area contributed by atoms with E-state index in [4.69, 9.17) is 33.9 Å². The number of esters is 5. The first-order chi connectivity index (χ1) is 64.2.